The largest absolute Gasteiger partial charge is 0.366 e. The van der Waals surface area contributed by atoms with Gasteiger partial charge in [-0.3, -0.25) is 14.6 Å². The molecule has 0 spiro atoms. The second-order valence-corrected chi connectivity index (χ2v) is 6.61. The van der Waals surface area contributed by atoms with Crippen LogP contribution in [-0.2, 0) is 9.59 Å². The van der Waals surface area contributed by atoms with Crippen LogP contribution in [0.15, 0.2) is 4.99 Å². The van der Waals surface area contributed by atoms with Crippen molar-refractivity contribution in [1.29, 1.82) is 0 Å². The number of piperidine rings is 1. The van der Waals surface area contributed by atoms with Gasteiger partial charge < -0.3 is 20.0 Å². The van der Waals surface area contributed by atoms with Crippen LogP contribution in [0, 0.1) is 0 Å². The van der Waals surface area contributed by atoms with E-state index in [2.05, 4.69) is 22.3 Å². The summed E-state index contributed by atoms with van der Waals surface area (Å²) in [6.45, 7) is 4.68. The zero-order chi connectivity index (χ0) is 18.1. The van der Waals surface area contributed by atoms with Gasteiger partial charge in [0.2, 0.25) is 11.8 Å². The Labute approximate surface area is 146 Å². The molecule has 0 aromatic rings. The molecule has 0 aliphatic carbocycles. The highest BCUT2D eigenvalue weighted by Crippen LogP contribution is 2.16. The maximum absolute atomic E-state index is 12.4. The molecule has 0 radical (unpaired) electrons. The zero-order valence-electron chi connectivity index (χ0n) is 15.8. The van der Waals surface area contributed by atoms with Gasteiger partial charge in [0.25, 0.3) is 0 Å². The van der Waals surface area contributed by atoms with Gasteiger partial charge in [-0.15, -0.1) is 0 Å². The van der Waals surface area contributed by atoms with Gasteiger partial charge in [0.05, 0.1) is 5.84 Å². The van der Waals surface area contributed by atoms with E-state index in [-0.39, 0.29) is 11.8 Å². The second-order valence-electron chi connectivity index (χ2n) is 6.61. The van der Waals surface area contributed by atoms with Gasteiger partial charge in [-0.25, -0.2) is 0 Å². The van der Waals surface area contributed by atoms with Crippen LogP contribution < -0.4 is 5.32 Å². The third kappa shape index (κ3) is 6.86. The van der Waals surface area contributed by atoms with Crippen LogP contribution in [0.3, 0.4) is 0 Å². The monoisotopic (exact) mass is 339 g/mol. The number of likely N-dealkylation sites (tertiary alicyclic amines) is 1. The summed E-state index contributed by atoms with van der Waals surface area (Å²) < 4.78 is 0. The predicted octanol–water partition coefficient (Wildman–Crippen LogP) is 0.415. The number of aliphatic imine (C=N–C) groups is 1. The molecule has 1 N–H and O–H groups in total. The molecule has 1 aliphatic heterocycles. The van der Waals surface area contributed by atoms with Crippen LogP contribution in [0.2, 0.25) is 0 Å². The molecule has 1 heterocycles. The van der Waals surface area contributed by atoms with Crippen molar-refractivity contribution in [2.75, 3.05) is 54.4 Å². The summed E-state index contributed by atoms with van der Waals surface area (Å²) in [7, 11) is 7.76. The van der Waals surface area contributed by atoms with E-state index in [4.69, 9.17) is 0 Å². The molecule has 1 saturated heterocycles. The SMILES string of the molecule is CN=C(CCC(=O)N1CCC(N(C)CCNC(C)=O)CC1)N(C)C. The molecule has 0 bridgehead atoms. The Balaban J connectivity index is 2.31. The van der Waals surface area contributed by atoms with Gasteiger partial charge in [0.15, 0.2) is 0 Å². The van der Waals surface area contributed by atoms with E-state index >= 15 is 0 Å². The minimum absolute atomic E-state index is 0.0107. The number of amidine groups is 1. The average Bonchev–Trinajstić information content (AvgIpc) is 2.54. The first-order chi connectivity index (χ1) is 11.3. The van der Waals surface area contributed by atoms with E-state index in [1.165, 1.54) is 6.92 Å². The van der Waals surface area contributed by atoms with Gasteiger partial charge in [-0.2, -0.15) is 0 Å². The van der Waals surface area contributed by atoms with E-state index in [0.717, 1.165) is 38.3 Å². The molecule has 1 rings (SSSR count). The summed E-state index contributed by atoms with van der Waals surface area (Å²) in [5.74, 6) is 1.19. The van der Waals surface area contributed by atoms with E-state index in [0.29, 0.717) is 25.4 Å². The quantitative estimate of drug-likeness (QED) is 0.539. The van der Waals surface area contributed by atoms with Crippen molar-refractivity contribution in [2.45, 2.75) is 38.6 Å². The van der Waals surface area contributed by atoms with Crippen molar-refractivity contribution in [3.8, 4) is 0 Å². The van der Waals surface area contributed by atoms with Gasteiger partial charge >= 0.3 is 0 Å². The number of carbonyl (C=O) groups excluding carboxylic acids is 2. The van der Waals surface area contributed by atoms with Crippen molar-refractivity contribution in [2.24, 2.45) is 4.99 Å². The van der Waals surface area contributed by atoms with Gasteiger partial charge in [-0.1, -0.05) is 0 Å². The predicted molar refractivity (Wildman–Crippen MR) is 97.2 cm³/mol. The van der Waals surface area contributed by atoms with Crippen molar-refractivity contribution < 1.29 is 9.59 Å². The molecule has 24 heavy (non-hydrogen) atoms. The number of amides is 2. The molecule has 0 aromatic heterocycles. The number of rotatable bonds is 7. The summed E-state index contributed by atoms with van der Waals surface area (Å²) in [4.78, 5) is 33.7. The van der Waals surface area contributed by atoms with Crippen LogP contribution in [0.25, 0.3) is 0 Å². The zero-order valence-corrected chi connectivity index (χ0v) is 15.8. The van der Waals surface area contributed by atoms with Crippen molar-refractivity contribution in [3.05, 3.63) is 0 Å². The van der Waals surface area contributed by atoms with Crippen LogP contribution in [0.1, 0.15) is 32.6 Å². The summed E-state index contributed by atoms with van der Waals surface area (Å²) >= 11 is 0. The molecule has 2 amide bonds. The molecule has 1 aliphatic rings. The highest BCUT2D eigenvalue weighted by Gasteiger charge is 2.25. The lowest BCUT2D eigenvalue weighted by Crippen LogP contribution is -2.47. The minimum Gasteiger partial charge on any atom is -0.366 e. The van der Waals surface area contributed by atoms with Gasteiger partial charge in [0, 0.05) is 73.1 Å². The molecule has 7 heteroatoms. The lowest BCUT2D eigenvalue weighted by atomic mass is 10.0. The smallest absolute Gasteiger partial charge is 0.223 e. The van der Waals surface area contributed by atoms with Gasteiger partial charge in [0.1, 0.15) is 0 Å². The first kappa shape index (κ1) is 20.4. The van der Waals surface area contributed by atoms with Crippen molar-refractivity contribution >= 4 is 17.6 Å². The van der Waals surface area contributed by atoms with Crippen LogP contribution in [0.4, 0.5) is 0 Å². The third-order valence-electron chi connectivity index (χ3n) is 4.62. The summed E-state index contributed by atoms with van der Waals surface area (Å²) in [5.41, 5.74) is 0. The standard InChI is InChI=1S/C17H33N5O2/c1-14(23)19-10-13-21(5)15-8-11-22(12-9-15)17(24)7-6-16(18-2)20(3)4/h15H,6-13H2,1-5H3,(H,19,23). The number of carbonyl (C=O) groups is 2. The van der Waals surface area contributed by atoms with E-state index in [1.54, 1.807) is 7.05 Å². The molecular weight excluding hydrogens is 306 g/mol. The summed E-state index contributed by atoms with van der Waals surface area (Å²) in [6.07, 6.45) is 3.20. The average molecular weight is 339 g/mol. The molecule has 0 unspecified atom stereocenters. The fourth-order valence-electron chi connectivity index (χ4n) is 3.06. The van der Waals surface area contributed by atoms with E-state index in [9.17, 15) is 9.59 Å². The van der Waals surface area contributed by atoms with Crippen LogP contribution in [-0.4, -0.2) is 92.8 Å². The Morgan fingerprint density at radius 1 is 1.17 bits per heavy atom. The molecular formula is C17H33N5O2. The molecule has 1 fully saturated rings. The number of nitrogens with zero attached hydrogens (tertiary/aromatic N) is 4. The van der Waals surface area contributed by atoms with E-state index in [1.807, 2.05) is 23.9 Å². The Bertz CT molecular complexity index is 442. The van der Waals surface area contributed by atoms with Crippen molar-refractivity contribution in [3.63, 3.8) is 0 Å². The third-order valence-corrected chi connectivity index (χ3v) is 4.62. The number of nitrogens with one attached hydrogen (secondary N) is 1. The molecule has 0 aromatic carbocycles. The molecule has 0 atom stereocenters. The van der Waals surface area contributed by atoms with Crippen LogP contribution >= 0.6 is 0 Å². The fraction of sp³-hybridized carbons (Fsp3) is 0.824. The first-order valence-electron chi connectivity index (χ1n) is 8.70. The maximum atomic E-state index is 12.4. The number of hydrogen-bond acceptors (Lipinski definition) is 4. The number of likely N-dealkylation sites (N-methyl/N-ethyl adjacent to an activating group) is 1. The Hall–Kier alpha value is -1.63. The lowest BCUT2D eigenvalue weighted by Gasteiger charge is -2.37. The fourth-order valence-corrected chi connectivity index (χ4v) is 3.06. The number of hydrogen-bond donors (Lipinski definition) is 1. The molecule has 138 valence electrons. The highest BCUT2D eigenvalue weighted by molar-refractivity contribution is 5.86. The summed E-state index contributed by atoms with van der Waals surface area (Å²) in [5, 5.41) is 2.82. The Kier molecular flexibility index (Phi) is 8.74. The maximum Gasteiger partial charge on any atom is 0.223 e. The topological polar surface area (TPSA) is 68.2 Å². The second kappa shape index (κ2) is 10.3. The highest BCUT2D eigenvalue weighted by atomic mass is 16.2. The Morgan fingerprint density at radius 3 is 2.29 bits per heavy atom. The lowest BCUT2D eigenvalue weighted by molar-refractivity contribution is -0.132. The Morgan fingerprint density at radius 2 is 1.79 bits per heavy atom. The van der Waals surface area contributed by atoms with Gasteiger partial charge in [-0.05, 0) is 19.9 Å². The minimum atomic E-state index is 0.0107. The normalized spacial score (nSPS) is 16.4. The van der Waals surface area contributed by atoms with Crippen LogP contribution in [0.5, 0.6) is 0 Å². The molecule has 0 saturated carbocycles. The first-order valence-corrected chi connectivity index (χ1v) is 8.70. The van der Waals surface area contributed by atoms with Crippen molar-refractivity contribution in [1.82, 2.24) is 20.0 Å². The van der Waals surface area contributed by atoms with E-state index < -0.39 is 0 Å². The molecule has 7 nitrogen and oxygen atoms in total. The summed E-state index contributed by atoms with van der Waals surface area (Å²) in [6, 6.07) is 0.484.